The molecule has 0 fully saturated rings. The first kappa shape index (κ1) is 17.2. The number of carbonyl (C=O) groups excluding carboxylic acids is 1. The molecule has 0 radical (unpaired) electrons. The Labute approximate surface area is 126 Å². The summed E-state index contributed by atoms with van der Waals surface area (Å²) in [7, 11) is 0. The van der Waals surface area contributed by atoms with Crippen molar-refractivity contribution in [1.29, 1.82) is 0 Å². The van der Waals surface area contributed by atoms with Crippen LogP contribution in [0, 0.1) is 5.92 Å². The molecule has 1 aromatic carbocycles. The molecule has 1 amide bonds. The molecule has 1 aromatic rings. The van der Waals surface area contributed by atoms with Crippen LogP contribution in [0.1, 0.15) is 51.5 Å². The molecule has 0 aliphatic rings. The normalized spacial score (nSPS) is 15.0. The number of rotatable bonds is 8. The van der Waals surface area contributed by atoms with Gasteiger partial charge in [-0.05, 0) is 17.9 Å². The first-order valence-corrected chi connectivity index (χ1v) is 7.56. The average Bonchev–Trinajstić information content (AvgIpc) is 2.47. The second-order valence-electron chi connectivity index (χ2n) is 5.49. The largest absolute Gasteiger partial charge is 0.481 e. The molecule has 0 aliphatic heterocycles. The molecular weight excluding hydrogens is 266 g/mol. The smallest absolute Gasteiger partial charge is 0.305 e. The Morgan fingerprint density at radius 3 is 2.24 bits per heavy atom. The lowest BCUT2D eigenvalue weighted by atomic mass is 9.84. The second-order valence-corrected chi connectivity index (χ2v) is 5.49. The molecule has 21 heavy (non-hydrogen) atoms. The molecule has 0 aliphatic carbocycles. The standard InChI is InChI=1S/C17H25NO3/c1-4-12(3)16(13-9-7-6-8-10-13)17(21)18-14(5-2)11-15(19)20/h6-10,12,14,16H,4-5,11H2,1-3H3,(H,18,21)(H,19,20). The van der Waals surface area contributed by atoms with Crippen molar-refractivity contribution in [3.63, 3.8) is 0 Å². The molecule has 116 valence electrons. The van der Waals surface area contributed by atoms with Crippen LogP contribution in [-0.2, 0) is 9.59 Å². The van der Waals surface area contributed by atoms with Gasteiger partial charge >= 0.3 is 5.97 Å². The number of benzene rings is 1. The van der Waals surface area contributed by atoms with Crippen molar-refractivity contribution in [1.82, 2.24) is 5.32 Å². The predicted octanol–water partition coefficient (Wildman–Crippen LogP) is 3.19. The van der Waals surface area contributed by atoms with E-state index in [4.69, 9.17) is 5.11 Å². The molecule has 0 bridgehead atoms. The van der Waals surface area contributed by atoms with Crippen LogP contribution in [0.15, 0.2) is 30.3 Å². The van der Waals surface area contributed by atoms with Gasteiger partial charge in [0, 0.05) is 6.04 Å². The van der Waals surface area contributed by atoms with E-state index < -0.39 is 5.97 Å². The van der Waals surface area contributed by atoms with Crippen LogP contribution in [-0.4, -0.2) is 23.0 Å². The maximum Gasteiger partial charge on any atom is 0.305 e. The molecule has 3 unspecified atom stereocenters. The van der Waals surface area contributed by atoms with Crippen molar-refractivity contribution in [3.05, 3.63) is 35.9 Å². The topological polar surface area (TPSA) is 66.4 Å². The third-order valence-electron chi connectivity index (χ3n) is 3.91. The van der Waals surface area contributed by atoms with E-state index in [0.717, 1.165) is 12.0 Å². The Balaban J connectivity index is 2.88. The number of carboxylic acids is 1. The minimum Gasteiger partial charge on any atom is -0.481 e. The van der Waals surface area contributed by atoms with Crippen LogP contribution < -0.4 is 5.32 Å². The van der Waals surface area contributed by atoms with Crippen molar-refractivity contribution in [2.75, 3.05) is 0 Å². The number of carboxylic acid groups (broad SMARTS) is 1. The number of hydrogen-bond acceptors (Lipinski definition) is 2. The maximum absolute atomic E-state index is 12.6. The number of hydrogen-bond donors (Lipinski definition) is 2. The van der Waals surface area contributed by atoms with Gasteiger partial charge in [-0.2, -0.15) is 0 Å². The van der Waals surface area contributed by atoms with Crippen LogP contribution in [0.2, 0.25) is 0 Å². The lowest BCUT2D eigenvalue weighted by Gasteiger charge is -2.25. The van der Waals surface area contributed by atoms with Gasteiger partial charge in [-0.15, -0.1) is 0 Å². The molecule has 0 aromatic heterocycles. The molecule has 1 rings (SSSR count). The summed E-state index contributed by atoms with van der Waals surface area (Å²) >= 11 is 0. The van der Waals surface area contributed by atoms with Crippen LogP contribution in [0.3, 0.4) is 0 Å². The Morgan fingerprint density at radius 2 is 1.76 bits per heavy atom. The van der Waals surface area contributed by atoms with Gasteiger partial charge in [0.05, 0.1) is 12.3 Å². The Bertz CT molecular complexity index is 458. The number of nitrogens with one attached hydrogen (secondary N) is 1. The van der Waals surface area contributed by atoms with E-state index in [2.05, 4.69) is 19.2 Å². The van der Waals surface area contributed by atoms with Gasteiger partial charge in [0.1, 0.15) is 0 Å². The Hall–Kier alpha value is -1.84. The van der Waals surface area contributed by atoms with Gasteiger partial charge in [-0.25, -0.2) is 0 Å². The molecule has 0 spiro atoms. The van der Waals surface area contributed by atoms with Gasteiger partial charge in [-0.3, -0.25) is 9.59 Å². The minimum absolute atomic E-state index is 0.0374. The summed E-state index contributed by atoms with van der Waals surface area (Å²) in [4.78, 5) is 23.4. The summed E-state index contributed by atoms with van der Waals surface area (Å²) in [6.07, 6.45) is 1.47. The molecular formula is C17H25NO3. The van der Waals surface area contributed by atoms with E-state index in [0.29, 0.717) is 6.42 Å². The molecule has 2 N–H and O–H groups in total. The van der Waals surface area contributed by atoms with Gasteiger partial charge in [0.15, 0.2) is 0 Å². The highest BCUT2D eigenvalue weighted by Crippen LogP contribution is 2.27. The summed E-state index contributed by atoms with van der Waals surface area (Å²) in [5.74, 6) is -1.00. The fourth-order valence-corrected chi connectivity index (χ4v) is 2.43. The van der Waals surface area contributed by atoms with E-state index in [1.807, 2.05) is 37.3 Å². The van der Waals surface area contributed by atoms with Crippen molar-refractivity contribution in [2.45, 2.75) is 52.0 Å². The summed E-state index contributed by atoms with van der Waals surface area (Å²) in [5, 5.41) is 11.8. The Morgan fingerprint density at radius 1 is 1.14 bits per heavy atom. The third-order valence-corrected chi connectivity index (χ3v) is 3.91. The zero-order valence-corrected chi connectivity index (χ0v) is 13.0. The van der Waals surface area contributed by atoms with E-state index in [9.17, 15) is 9.59 Å². The Kier molecular flexibility index (Phi) is 6.92. The third kappa shape index (κ3) is 5.21. The number of carbonyl (C=O) groups is 2. The number of amides is 1. The summed E-state index contributed by atoms with van der Waals surface area (Å²) < 4.78 is 0. The van der Waals surface area contributed by atoms with Crippen molar-refractivity contribution < 1.29 is 14.7 Å². The fraction of sp³-hybridized carbons (Fsp3) is 0.529. The van der Waals surface area contributed by atoms with Crippen molar-refractivity contribution in [3.8, 4) is 0 Å². The van der Waals surface area contributed by atoms with Crippen LogP contribution in [0.25, 0.3) is 0 Å². The van der Waals surface area contributed by atoms with E-state index in [1.165, 1.54) is 0 Å². The lowest BCUT2D eigenvalue weighted by molar-refractivity contribution is -0.137. The van der Waals surface area contributed by atoms with Crippen LogP contribution in [0.5, 0.6) is 0 Å². The summed E-state index contributed by atoms with van der Waals surface area (Å²) in [6.45, 7) is 5.99. The molecule has 0 saturated heterocycles. The number of aliphatic carboxylic acids is 1. The fourth-order valence-electron chi connectivity index (χ4n) is 2.43. The first-order valence-electron chi connectivity index (χ1n) is 7.56. The second kappa shape index (κ2) is 8.45. The van der Waals surface area contributed by atoms with Crippen LogP contribution in [0.4, 0.5) is 0 Å². The molecule has 3 atom stereocenters. The average molecular weight is 291 g/mol. The van der Waals surface area contributed by atoms with Crippen LogP contribution >= 0.6 is 0 Å². The van der Waals surface area contributed by atoms with Gasteiger partial charge in [0.25, 0.3) is 0 Å². The van der Waals surface area contributed by atoms with Gasteiger partial charge in [0.2, 0.25) is 5.91 Å². The van der Waals surface area contributed by atoms with E-state index >= 15 is 0 Å². The zero-order valence-electron chi connectivity index (χ0n) is 13.0. The molecule has 0 saturated carbocycles. The molecule has 4 nitrogen and oxygen atoms in total. The lowest BCUT2D eigenvalue weighted by Crippen LogP contribution is -2.40. The predicted molar refractivity (Wildman–Crippen MR) is 83.1 cm³/mol. The first-order chi connectivity index (χ1) is 9.99. The highest BCUT2D eigenvalue weighted by Gasteiger charge is 2.27. The van der Waals surface area contributed by atoms with Crippen molar-refractivity contribution >= 4 is 11.9 Å². The molecule has 0 heterocycles. The van der Waals surface area contributed by atoms with Crippen molar-refractivity contribution in [2.24, 2.45) is 5.92 Å². The monoisotopic (exact) mass is 291 g/mol. The summed E-state index contributed by atoms with van der Waals surface area (Å²) in [6, 6.07) is 9.36. The quantitative estimate of drug-likeness (QED) is 0.773. The van der Waals surface area contributed by atoms with E-state index in [-0.39, 0.29) is 30.2 Å². The zero-order chi connectivity index (χ0) is 15.8. The SMILES string of the molecule is CCC(CC(=O)O)NC(=O)C(c1ccccc1)C(C)CC. The summed E-state index contributed by atoms with van der Waals surface area (Å²) in [5.41, 5.74) is 0.981. The minimum atomic E-state index is -0.887. The van der Waals surface area contributed by atoms with Gasteiger partial charge in [-0.1, -0.05) is 57.5 Å². The van der Waals surface area contributed by atoms with Gasteiger partial charge < -0.3 is 10.4 Å². The highest BCUT2D eigenvalue weighted by atomic mass is 16.4. The van der Waals surface area contributed by atoms with E-state index in [1.54, 1.807) is 0 Å². The maximum atomic E-state index is 12.6. The molecule has 4 heteroatoms. The highest BCUT2D eigenvalue weighted by molar-refractivity contribution is 5.84.